The fourth-order valence-electron chi connectivity index (χ4n) is 4.95. The first-order valence-electron chi connectivity index (χ1n) is 9.84. The second-order valence-electron chi connectivity index (χ2n) is 7.75. The fourth-order valence-corrected chi connectivity index (χ4v) is 4.95. The molecule has 144 valence electrons. The number of aliphatic hydroxyl groups excluding tert-OH is 1. The number of nitrogens with zero attached hydrogens (tertiary/aromatic N) is 3. The third kappa shape index (κ3) is 2.72. The first kappa shape index (κ1) is 17.4. The number of hydrogen-bond donors (Lipinski definition) is 2. The number of aliphatic hydroxyl groups is 1. The van der Waals surface area contributed by atoms with E-state index in [9.17, 15) is 15.0 Å². The van der Waals surface area contributed by atoms with Gasteiger partial charge in [0.05, 0.1) is 18.2 Å². The number of carboxylic acid groups (broad SMARTS) is 1. The van der Waals surface area contributed by atoms with Crippen molar-refractivity contribution in [1.82, 2.24) is 14.5 Å². The molecule has 0 radical (unpaired) electrons. The van der Waals surface area contributed by atoms with E-state index >= 15 is 0 Å². The summed E-state index contributed by atoms with van der Waals surface area (Å²) in [7, 11) is 0. The van der Waals surface area contributed by atoms with Crippen molar-refractivity contribution in [2.75, 3.05) is 13.1 Å². The van der Waals surface area contributed by atoms with E-state index in [-0.39, 0.29) is 0 Å². The van der Waals surface area contributed by atoms with Gasteiger partial charge in [-0.3, -0.25) is 9.88 Å². The Kier molecular flexibility index (Phi) is 4.18. The second-order valence-corrected chi connectivity index (χ2v) is 7.75. The molecular weight excluding hydrogens is 354 g/mol. The van der Waals surface area contributed by atoms with Crippen LogP contribution in [0.15, 0.2) is 42.7 Å². The smallest absolute Gasteiger partial charge is 0.335 e. The van der Waals surface area contributed by atoms with Crippen molar-refractivity contribution in [1.29, 1.82) is 0 Å². The van der Waals surface area contributed by atoms with E-state index in [1.807, 2.05) is 24.3 Å². The zero-order valence-electron chi connectivity index (χ0n) is 15.6. The summed E-state index contributed by atoms with van der Waals surface area (Å²) in [6.45, 7) is 2.58. The first-order valence-corrected chi connectivity index (χ1v) is 9.84. The third-order valence-corrected chi connectivity index (χ3v) is 6.24. The summed E-state index contributed by atoms with van der Waals surface area (Å²) in [5.41, 5.74) is 4.68. The van der Waals surface area contributed by atoms with Gasteiger partial charge in [-0.15, -0.1) is 0 Å². The Balaban J connectivity index is 1.65. The van der Waals surface area contributed by atoms with Crippen molar-refractivity contribution in [2.45, 2.75) is 38.0 Å². The molecule has 2 unspecified atom stereocenters. The number of fused-ring (bicyclic) bond motifs is 5. The average Bonchev–Trinajstić information content (AvgIpc) is 3.31. The van der Waals surface area contributed by atoms with E-state index < -0.39 is 12.1 Å². The van der Waals surface area contributed by atoms with E-state index in [4.69, 9.17) is 0 Å². The molecule has 2 aliphatic heterocycles. The lowest BCUT2D eigenvalue weighted by Gasteiger charge is -2.31. The van der Waals surface area contributed by atoms with Crippen molar-refractivity contribution in [3.63, 3.8) is 0 Å². The lowest BCUT2D eigenvalue weighted by atomic mass is 9.95. The second kappa shape index (κ2) is 6.72. The molecule has 6 heteroatoms. The van der Waals surface area contributed by atoms with Crippen LogP contribution in [0.5, 0.6) is 0 Å². The molecule has 3 aromatic rings. The van der Waals surface area contributed by atoms with Gasteiger partial charge in [-0.25, -0.2) is 4.79 Å². The Labute approximate surface area is 163 Å². The van der Waals surface area contributed by atoms with Crippen LogP contribution in [0.1, 0.15) is 52.2 Å². The minimum atomic E-state index is -0.903. The highest BCUT2D eigenvalue weighted by Crippen LogP contribution is 2.43. The van der Waals surface area contributed by atoms with Crippen molar-refractivity contribution >= 4 is 16.9 Å². The zero-order chi connectivity index (χ0) is 19.3. The lowest BCUT2D eigenvalue weighted by molar-refractivity contribution is 0.0697. The highest BCUT2D eigenvalue weighted by Gasteiger charge is 2.35. The largest absolute Gasteiger partial charge is 0.478 e. The first-order chi connectivity index (χ1) is 13.6. The number of carbonyl (C=O) groups is 1. The molecule has 5 rings (SSSR count). The molecule has 0 bridgehead atoms. The molecule has 4 heterocycles. The summed E-state index contributed by atoms with van der Waals surface area (Å²) in [6.07, 6.45) is 5.95. The number of pyridine rings is 1. The highest BCUT2D eigenvalue weighted by molar-refractivity contribution is 5.96. The molecule has 6 nitrogen and oxygen atoms in total. The maximum absolute atomic E-state index is 11.5. The van der Waals surface area contributed by atoms with Crippen molar-refractivity contribution in [2.24, 2.45) is 0 Å². The number of hydrogen-bond acceptors (Lipinski definition) is 4. The summed E-state index contributed by atoms with van der Waals surface area (Å²) >= 11 is 0. The minimum Gasteiger partial charge on any atom is -0.478 e. The number of benzene rings is 1. The van der Waals surface area contributed by atoms with Gasteiger partial charge in [-0.1, -0.05) is 0 Å². The van der Waals surface area contributed by atoms with E-state index in [0.29, 0.717) is 18.2 Å². The molecule has 2 aliphatic rings. The summed E-state index contributed by atoms with van der Waals surface area (Å²) in [5, 5.41) is 21.3. The van der Waals surface area contributed by atoms with Crippen LogP contribution in [-0.4, -0.2) is 43.7 Å². The Hall–Kier alpha value is -2.70. The van der Waals surface area contributed by atoms with Crippen LogP contribution in [0, 0.1) is 0 Å². The molecule has 1 fully saturated rings. The van der Waals surface area contributed by atoms with Crippen molar-refractivity contribution < 1.29 is 15.0 Å². The van der Waals surface area contributed by atoms with Gasteiger partial charge in [0.15, 0.2) is 0 Å². The Morgan fingerprint density at radius 2 is 2.04 bits per heavy atom. The third-order valence-electron chi connectivity index (χ3n) is 6.24. The molecular formula is C22H23N3O3. The van der Waals surface area contributed by atoms with Gasteiger partial charge in [0.25, 0.3) is 0 Å². The van der Waals surface area contributed by atoms with Gasteiger partial charge in [-0.05, 0) is 60.8 Å². The number of aromatic nitrogens is 2. The molecule has 2 aromatic heterocycles. The molecule has 2 N–H and O–H groups in total. The predicted molar refractivity (Wildman–Crippen MR) is 105 cm³/mol. The van der Waals surface area contributed by atoms with Gasteiger partial charge in [-0.2, -0.15) is 0 Å². The summed E-state index contributed by atoms with van der Waals surface area (Å²) in [5.74, 6) is -0.903. The van der Waals surface area contributed by atoms with Gasteiger partial charge >= 0.3 is 5.97 Å². The van der Waals surface area contributed by atoms with Gasteiger partial charge in [0.2, 0.25) is 0 Å². The molecule has 0 spiro atoms. The number of aromatic carboxylic acids is 1. The van der Waals surface area contributed by atoms with Crippen LogP contribution in [0.3, 0.4) is 0 Å². The van der Waals surface area contributed by atoms with Gasteiger partial charge in [0.1, 0.15) is 0 Å². The van der Waals surface area contributed by atoms with Crippen LogP contribution < -0.4 is 0 Å². The predicted octanol–water partition coefficient (Wildman–Crippen LogP) is 3.16. The van der Waals surface area contributed by atoms with Gasteiger partial charge < -0.3 is 14.8 Å². The quantitative estimate of drug-likeness (QED) is 0.730. The Morgan fingerprint density at radius 3 is 2.82 bits per heavy atom. The van der Waals surface area contributed by atoms with Crippen molar-refractivity contribution in [3.8, 4) is 0 Å². The Bertz CT molecular complexity index is 1040. The van der Waals surface area contributed by atoms with Crippen LogP contribution in [0.4, 0.5) is 0 Å². The topological polar surface area (TPSA) is 78.6 Å². The van der Waals surface area contributed by atoms with Crippen LogP contribution in [0.25, 0.3) is 10.9 Å². The van der Waals surface area contributed by atoms with E-state index in [1.54, 1.807) is 18.5 Å². The molecule has 0 saturated carbocycles. The standard InChI is InChI=1S/C22H23N3O3/c26-20(14-5-8-23-9-6-14)13-25-17-4-3-15(22(27)28)12-16(17)21-18-2-1-10-24(18)11-7-19(21)25/h3-6,8-9,12,18,20,26H,1-2,7,10-11,13H2,(H,27,28). The SMILES string of the molecule is O=C(O)c1ccc2c(c1)c1c(n2CC(O)c2ccncc2)CCN2CCCC12. The highest BCUT2D eigenvalue weighted by atomic mass is 16.4. The summed E-state index contributed by atoms with van der Waals surface area (Å²) in [6, 6.07) is 9.41. The van der Waals surface area contributed by atoms with Crippen molar-refractivity contribution in [3.05, 3.63) is 65.1 Å². The molecule has 28 heavy (non-hydrogen) atoms. The van der Waals surface area contributed by atoms with Gasteiger partial charge in [0, 0.05) is 48.0 Å². The maximum atomic E-state index is 11.5. The zero-order valence-corrected chi connectivity index (χ0v) is 15.6. The minimum absolute atomic E-state index is 0.317. The normalized spacial score (nSPS) is 20.1. The molecule has 1 aromatic carbocycles. The number of carboxylic acids is 1. The van der Waals surface area contributed by atoms with E-state index in [2.05, 4.69) is 14.5 Å². The van der Waals surface area contributed by atoms with E-state index in [1.165, 1.54) is 17.7 Å². The molecule has 1 saturated heterocycles. The maximum Gasteiger partial charge on any atom is 0.335 e. The van der Waals surface area contributed by atoms with Crippen LogP contribution >= 0.6 is 0 Å². The molecule has 0 amide bonds. The fraction of sp³-hybridized carbons (Fsp3) is 0.364. The molecule has 0 aliphatic carbocycles. The number of rotatable bonds is 4. The van der Waals surface area contributed by atoms with Crippen LogP contribution in [0.2, 0.25) is 0 Å². The summed E-state index contributed by atoms with van der Waals surface area (Å²) < 4.78 is 2.21. The monoisotopic (exact) mass is 377 g/mol. The Morgan fingerprint density at radius 1 is 1.21 bits per heavy atom. The average molecular weight is 377 g/mol. The lowest BCUT2D eigenvalue weighted by Crippen LogP contribution is -2.31. The molecule has 2 atom stereocenters. The van der Waals surface area contributed by atoms with E-state index in [0.717, 1.165) is 42.4 Å². The van der Waals surface area contributed by atoms with Crippen LogP contribution in [-0.2, 0) is 13.0 Å². The summed E-state index contributed by atoms with van der Waals surface area (Å²) in [4.78, 5) is 18.1.